The van der Waals surface area contributed by atoms with Crippen LogP contribution in [-0.4, -0.2) is 57.6 Å². The van der Waals surface area contributed by atoms with Crippen LogP contribution in [0.2, 0.25) is 0 Å². The van der Waals surface area contributed by atoms with Crippen molar-refractivity contribution in [3.63, 3.8) is 0 Å². The van der Waals surface area contributed by atoms with E-state index < -0.39 is 32.3 Å². The van der Waals surface area contributed by atoms with Gasteiger partial charge in [0.25, 0.3) is 5.91 Å². The fourth-order valence-electron chi connectivity index (χ4n) is 4.83. The summed E-state index contributed by atoms with van der Waals surface area (Å²) in [5.74, 6) is -0.460. The SMILES string of the molecule is CCc1c(C(=O)N2CCOc3ccc(-c4ccc(C5=NCCN5)cc4F)cc3C2)ccc(S(C)(=O)=O)c1F. The normalized spacial score (nSPS) is 15.3. The molecule has 0 unspecified atom stereocenters. The highest BCUT2D eigenvalue weighted by molar-refractivity contribution is 7.90. The zero-order valence-corrected chi connectivity index (χ0v) is 21.9. The Hall–Kier alpha value is -3.79. The van der Waals surface area contributed by atoms with Crippen molar-refractivity contribution in [3.05, 3.63) is 82.4 Å². The number of amidine groups is 1. The van der Waals surface area contributed by atoms with Gasteiger partial charge in [-0.25, -0.2) is 17.2 Å². The zero-order chi connectivity index (χ0) is 27.0. The Balaban J connectivity index is 1.45. The van der Waals surface area contributed by atoms with Gasteiger partial charge >= 0.3 is 0 Å². The molecule has 2 aliphatic rings. The van der Waals surface area contributed by atoms with E-state index >= 15 is 8.78 Å². The van der Waals surface area contributed by atoms with Gasteiger partial charge in [-0.2, -0.15) is 0 Å². The van der Waals surface area contributed by atoms with Crippen LogP contribution >= 0.6 is 0 Å². The zero-order valence-electron chi connectivity index (χ0n) is 21.1. The maximum Gasteiger partial charge on any atom is 0.254 e. The number of benzene rings is 3. The first kappa shape index (κ1) is 25.8. The molecule has 0 radical (unpaired) electrons. The number of nitrogens with one attached hydrogen (secondary N) is 1. The Morgan fingerprint density at radius 2 is 1.89 bits per heavy atom. The number of hydrogen-bond donors (Lipinski definition) is 1. The van der Waals surface area contributed by atoms with Crippen molar-refractivity contribution in [3.8, 4) is 16.9 Å². The van der Waals surface area contributed by atoms with Crippen LogP contribution in [0.4, 0.5) is 8.78 Å². The molecular formula is C28H27F2N3O4S. The first-order chi connectivity index (χ1) is 18.2. The summed E-state index contributed by atoms with van der Waals surface area (Å²) in [6, 6.07) is 12.8. The molecule has 38 heavy (non-hydrogen) atoms. The summed E-state index contributed by atoms with van der Waals surface area (Å²) < 4.78 is 59.9. The van der Waals surface area contributed by atoms with E-state index in [-0.39, 0.29) is 37.2 Å². The maximum atomic E-state index is 15.1. The molecule has 1 amide bonds. The second-order valence-electron chi connectivity index (χ2n) is 9.28. The molecule has 1 N–H and O–H groups in total. The monoisotopic (exact) mass is 539 g/mol. The lowest BCUT2D eigenvalue weighted by Crippen LogP contribution is -2.33. The second-order valence-corrected chi connectivity index (χ2v) is 11.3. The molecule has 0 saturated heterocycles. The molecule has 2 aliphatic heterocycles. The van der Waals surface area contributed by atoms with Crippen LogP contribution in [0.15, 0.2) is 58.4 Å². The summed E-state index contributed by atoms with van der Waals surface area (Å²) in [7, 11) is -3.78. The number of fused-ring (bicyclic) bond motifs is 1. The third-order valence-electron chi connectivity index (χ3n) is 6.75. The van der Waals surface area contributed by atoms with E-state index in [0.717, 1.165) is 18.9 Å². The Bertz CT molecular complexity index is 1570. The van der Waals surface area contributed by atoms with Gasteiger partial charge in [0.1, 0.15) is 34.7 Å². The summed E-state index contributed by atoms with van der Waals surface area (Å²) in [6.07, 6.45) is 1.09. The molecule has 3 aromatic carbocycles. The third-order valence-corrected chi connectivity index (χ3v) is 7.86. The lowest BCUT2D eigenvalue weighted by Gasteiger charge is -2.22. The van der Waals surface area contributed by atoms with Crippen molar-refractivity contribution in [2.24, 2.45) is 4.99 Å². The van der Waals surface area contributed by atoms with Crippen LogP contribution in [0, 0.1) is 11.6 Å². The van der Waals surface area contributed by atoms with E-state index in [4.69, 9.17) is 4.74 Å². The van der Waals surface area contributed by atoms with Gasteiger partial charge < -0.3 is 15.0 Å². The fraction of sp³-hybridized carbons (Fsp3) is 0.286. The Morgan fingerprint density at radius 1 is 1.11 bits per heavy atom. The van der Waals surface area contributed by atoms with E-state index in [2.05, 4.69) is 10.3 Å². The third kappa shape index (κ3) is 4.88. The van der Waals surface area contributed by atoms with Crippen LogP contribution < -0.4 is 10.1 Å². The van der Waals surface area contributed by atoms with Crippen LogP contribution in [0.3, 0.4) is 0 Å². The topological polar surface area (TPSA) is 88.1 Å². The van der Waals surface area contributed by atoms with Gasteiger partial charge in [-0.15, -0.1) is 0 Å². The standard InChI is InChI=1S/C28H27F2N3O4S/c1-3-20-22(7-9-25(26(20)30)38(2,35)36)28(34)33-12-13-37-24-8-5-17(14-19(24)16-33)21-6-4-18(15-23(21)29)27-31-10-11-32-27/h4-9,14-15H,3,10-13,16H2,1-2H3,(H,31,32). The predicted molar refractivity (Wildman–Crippen MR) is 140 cm³/mol. The van der Waals surface area contributed by atoms with Gasteiger partial charge in [-0.3, -0.25) is 9.79 Å². The number of carbonyl (C=O) groups is 1. The maximum absolute atomic E-state index is 15.1. The van der Waals surface area contributed by atoms with Crippen molar-refractivity contribution in [1.29, 1.82) is 0 Å². The van der Waals surface area contributed by atoms with E-state index in [0.29, 0.717) is 40.4 Å². The minimum Gasteiger partial charge on any atom is -0.491 e. The molecule has 0 saturated carbocycles. The first-order valence-corrected chi connectivity index (χ1v) is 14.2. The van der Waals surface area contributed by atoms with Gasteiger partial charge in [0.05, 0.1) is 13.1 Å². The summed E-state index contributed by atoms with van der Waals surface area (Å²) >= 11 is 0. The van der Waals surface area contributed by atoms with Crippen LogP contribution in [-0.2, 0) is 22.8 Å². The van der Waals surface area contributed by atoms with Gasteiger partial charge in [-0.1, -0.05) is 25.1 Å². The molecule has 0 bridgehead atoms. The summed E-state index contributed by atoms with van der Waals surface area (Å²) in [5.41, 5.74) is 2.57. The van der Waals surface area contributed by atoms with Crippen LogP contribution in [0.25, 0.3) is 11.1 Å². The van der Waals surface area contributed by atoms with E-state index in [9.17, 15) is 13.2 Å². The summed E-state index contributed by atoms with van der Waals surface area (Å²) in [6.45, 7) is 3.70. The minimum absolute atomic E-state index is 0.0561. The molecule has 0 spiro atoms. The second kappa shape index (κ2) is 10.2. The highest BCUT2D eigenvalue weighted by Crippen LogP contribution is 2.32. The average Bonchev–Trinajstić information content (AvgIpc) is 3.34. The minimum atomic E-state index is -3.78. The van der Waals surface area contributed by atoms with Crippen molar-refractivity contribution >= 4 is 21.6 Å². The molecule has 7 nitrogen and oxygen atoms in total. The van der Waals surface area contributed by atoms with Gasteiger partial charge in [0, 0.05) is 47.2 Å². The molecule has 3 aromatic rings. The largest absolute Gasteiger partial charge is 0.491 e. The number of amides is 1. The highest BCUT2D eigenvalue weighted by Gasteiger charge is 2.27. The Labute approximate surface area is 220 Å². The predicted octanol–water partition coefficient (Wildman–Crippen LogP) is 3.98. The number of ether oxygens (including phenoxy) is 1. The van der Waals surface area contributed by atoms with Crippen LogP contribution in [0.1, 0.15) is 34.0 Å². The Kier molecular flexibility index (Phi) is 6.92. The number of sulfone groups is 1. The number of hydrogen-bond acceptors (Lipinski definition) is 6. The van der Waals surface area contributed by atoms with Crippen molar-refractivity contribution in [2.45, 2.75) is 24.8 Å². The summed E-state index contributed by atoms with van der Waals surface area (Å²) in [5, 5.41) is 3.13. The molecule has 10 heteroatoms. The van der Waals surface area contributed by atoms with Crippen molar-refractivity contribution < 1.29 is 26.7 Å². The van der Waals surface area contributed by atoms with Gasteiger partial charge in [0.2, 0.25) is 0 Å². The number of halogens is 2. The van der Waals surface area contributed by atoms with Crippen molar-refractivity contribution in [2.75, 3.05) is 32.5 Å². The van der Waals surface area contributed by atoms with E-state index in [1.807, 2.05) is 6.07 Å². The quantitative estimate of drug-likeness (QED) is 0.530. The lowest BCUT2D eigenvalue weighted by atomic mass is 9.99. The summed E-state index contributed by atoms with van der Waals surface area (Å²) in [4.78, 5) is 18.9. The Morgan fingerprint density at radius 3 is 2.58 bits per heavy atom. The molecule has 0 fully saturated rings. The molecular weight excluding hydrogens is 512 g/mol. The van der Waals surface area contributed by atoms with Gasteiger partial charge in [-0.05, 0) is 42.3 Å². The fourth-order valence-corrected chi connectivity index (χ4v) is 5.59. The van der Waals surface area contributed by atoms with Gasteiger partial charge in [0.15, 0.2) is 9.84 Å². The molecule has 5 rings (SSSR count). The molecule has 198 valence electrons. The number of carbonyl (C=O) groups excluding carboxylic acids is 1. The number of rotatable bonds is 5. The van der Waals surface area contributed by atoms with Crippen molar-refractivity contribution in [1.82, 2.24) is 10.2 Å². The highest BCUT2D eigenvalue weighted by atomic mass is 32.2. The molecule has 0 atom stereocenters. The smallest absolute Gasteiger partial charge is 0.254 e. The average molecular weight is 540 g/mol. The lowest BCUT2D eigenvalue weighted by molar-refractivity contribution is 0.0731. The molecule has 2 heterocycles. The molecule has 0 aliphatic carbocycles. The van der Waals surface area contributed by atoms with E-state index in [1.54, 1.807) is 31.2 Å². The number of aliphatic imine (C=N–C) groups is 1. The van der Waals surface area contributed by atoms with Crippen LogP contribution in [0.5, 0.6) is 5.75 Å². The van der Waals surface area contributed by atoms with E-state index in [1.165, 1.54) is 17.0 Å². The number of nitrogens with zero attached hydrogens (tertiary/aromatic N) is 2. The first-order valence-electron chi connectivity index (χ1n) is 12.3. The molecule has 0 aromatic heterocycles.